The van der Waals surface area contributed by atoms with Crippen molar-refractivity contribution in [2.45, 2.75) is 33.3 Å². The molecule has 0 unspecified atom stereocenters. The average Bonchev–Trinajstić information content (AvgIpc) is 2.97. The lowest BCUT2D eigenvalue weighted by Crippen LogP contribution is -2.29. The molecule has 1 amide bonds. The molecule has 0 aliphatic carbocycles. The van der Waals surface area contributed by atoms with Crippen molar-refractivity contribution < 1.29 is 14.4 Å². The molecule has 1 aromatic carbocycles. The van der Waals surface area contributed by atoms with Gasteiger partial charge in [-0.05, 0) is 25.3 Å². The monoisotopic (exact) mass is 361 g/mol. The largest absolute Gasteiger partial charge is 0.472 e. The van der Waals surface area contributed by atoms with Crippen LogP contribution < -0.4 is 10.1 Å². The molecule has 0 aliphatic heterocycles. The number of nitrogens with zero attached hydrogens (tertiary/aromatic N) is 2. The number of benzene rings is 1. The summed E-state index contributed by atoms with van der Waals surface area (Å²) in [5.41, 5.74) is 1.72. The lowest BCUT2D eigenvalue weighted by Gasteiger charge is -2.11. The van der Waals surface area contributed by atoms with Crippen molar-refractivity contribution in [1.82, 2.24) is 10.3 Å². The van der Waals surface area contributed by atoms with E-state index in [1.54, 1.807) is 18.4 Å². The van der Waals surface area contributed by atoms with Gasteiger partial charge in [0.25, 0.3) is 5.91 Å². The first-order chi connectivity index (χ1) is 12.1. The second-order valence-electron chi connectivity index (χ2n) is 5.37. The molecule has 1 heterocycles. The van der Waals surface area contributed by atoms with Crippen molar-refractivity contribution in [3.05, 3.63) is 45.3 Å². The van der Waals surface area contributed by atoms with Crippen molar-refractivity contribution in [3.63, 3.8) is 0 Å². The van der Waals surface area contributed by atoms with Crippen LogP contribution in [0.1, 0.15) is 34.4 Å². The fourth-order valence-electron chi connectivity index (χ4n) is 2.34. The number of likely N-dealkylation sites (N-methyl/N-ethyl adjacent to an activating group) is 1. The van der Waals surface area contributed by atoms with Gasteiger partial charge in [-0.1, -0.05) is 36.3 Å². The van der Waals surface area contributed by atoms with Gasteiger partial charge < -0.3 is 14.9 Å². The summed E-state index contributed by atoms with van der Waals surface area (Å²) in [6, 6.07) is 7.47. The predicted octanol–water partition coefficient (Wildman–Crippen LogP) is 3.08. The van der Waals surface area contributed by atoms with Gasteiger partial charge in [-0.2, -0.15) is 0 Å². The van der Waals surface area contributed by atoms with Crippen LogP contribution >= 0.6 is 11.3 Å². The van der Waals surface area contributed by atoms with Gasteiger partial charge in [0.05, 0.1) is 9.88 Å². The van der Waals surface area contributed by atoms with Crippen LogP contribution in [-0.2, 0) is 22.7 Å². The molecular formula is C18H23N3O3S. The Labute approximate surface area is 151 Å². The number of hydrogen-bond acceptors (Lipinski definition) is 6. The first-order valence-corrected chi connectivity index (χ1v) is 8.92. The van der Waals surface area contributed by atoms with Gasteiger partial charge in [0.1, 0.15) is 13.7 Å². The third kappa shape index (κ3) is 4.79. The Balaban J connectivity index is 2.23. The van der Waals surface area contributed by atoms with E-state index in [1.165, 1.54) is 7.11 Å². The quantitative estimate of drug-likeness (QED) is 0.579. The number of carbonyl (C=O) groups excluding carboxylic acids is 1. The smallest absolute Gasteiger partial charge is 0.273 e. The predicted molar refractivity (Wildman–Crippen MR) is 99.2 cm³/mol. The molecule has 0 spiro atoms. The minimum atomic E-state index is -0.315. The third-order valence-electron chi connectivity index (χ3n) is 3.52. The first-order valence-electron chi connectivity index (χ1n) is 8.11. The zero-order valence-corrected chi connectivity index (χ0v) is 15.8. The van der Waals surface area contributed by atoms with Crippen LogP contribution in [0.2, 0.25) is 0 Å². The lowest BCUT2D eigenvalue weighted by molar-refractivity contribution is -0.114. The molecule has 1 N–H and O–H groups in total. The number of aromatic nitrogens is 1. The Morgan fingerprint density at radius 2 is 2.12 bits per heavy atom. The van der Waals surface area contributed by atoms with Gasteiger partial charge in [-0.3, -0.25) is 4.79 Å². The summed E-state index contributed by atoms with van der Waals surface area (Å²) in [4.78, 5) is 22.5. The Kier molecular flexibility index (Phi) is 6.94. The molecular weight excluding hydrogens is 338 g/mol. The molecule has 25 heavy (non-hydrogen) atoms. The van der Waals surface area contributed by atoms with Crippen LogP contribution in [-0.4, -0.2) is 30.8 Å². The van der Waals surface area contributed by atoms with E-state index >= 15 is 0 Å². The highest BCUT2D eigenvalue weighted by Gasteiger charge is 2.18. The molecule has 2 rings (SSSR count). The van der Waals surface area contributed by atoms with E-state index in [9.17, 15) is 4.79 Å². The van der Waals surface area contributed by atoms with Crippen LogP contribution in [0.3, 0.4) is 0 Å². The molecule has 6 nitrogen and oxygen atoms in total. The van der Waals surface area contributed by atoms with Crippen LogP contribution in [0.4, 0.5) is 0 Å². The SMILES string of the molecule is CCCc1nc(OCc2ccccc2/C(=N\OC)C(=O)NC)c(C)s1. The van der Waals surface area contributed by atoms with E-state index in [2.05, 4.69) is 22.4 Å². The summed E-state index contributed by atoms with van der Waals surface area (Å²) < 4.78 is 5.90. The minimum absolute atomic E-state index is 0.214. The van der Waals surface area contributed by atoms with Gasteiger partial charge in [-0.25, -0.2) is 4.98 Å². The molecule has 0 fully saturated rings. The van der Waals surface area contributed by atoms with E-state index in [0.717, 1.165) is 28.3 Å². The van der Waals surface area contributed by atoms with Crippen molar-refractivity contribution >= 4 is 23.0 Å². The Bertz CT molecular complexity index is 756. The first kappa shape index (κ1) is 18.9. The maximum atomic E-state index is 12.1. The zero-order valence-electron chi connectivity index (χ0n) is 15.0. The molecule has 134 valence electrons. The molecule has 0 radical (unpaired) electrons. The molecule has 1 aromatic heterocycles. The van der Waals surface area contributed by atoms with Crippen LogP contribution in [0, 0.1) is 6.92 Å². The maximum absolute atomic E-state index is 12.1. The van der Waals surface area contributed by atoms with E-state index in [4.69, 9.17) is 9.57 Å². The molecule has 7 heteroatoms. The number of nitrogens with one attached hydrogen (secondary N) is 1. The molecule has 0 bridgehead atoms. The second kappa shape index (κ2) is 9.17. The molecule has 0 atom stereocenters. The topological polar surface area (TPSA) is 72.8 Å². The normalized spacial score (nSPS) is 11.3. The van der Waals surface area contributed by atoms with Crippen LogP contribution in [0.5, 0.6) is 5.88 Å². The maximum Gasteiger partial charge on any atom is 0.273 e. The Morgan fingerprint density at radius 3 is 2.80 bits per heavy atom. The number of hydrogen-bond donors (Lipinski definition) is 1. The highest BCUT2D eigenvalue weighted by Crippen LogP contribution is 2.26. The fraction of sp³-hybridized carbons (Fsp3) is 0.389. The number of oxime groups is 1. The summed E-state index contributed by atoms with van der Waals surface area (Å²) in [6.45, 7) is 4.43. The van der Waals surface area contributed by atoms with Gasteiger partial charge >= 0.3 is 0 Å². The summed E-state index contributed by atoms with van der Waals surface area (Å²) in [5, 5.41) is 7.52. The van der Waals surface area contributed by atoms with Crippen molar-refractivity contribution in [3.8, 4) is 5.88 Å². The van der Waals surface area contributed by atoms with E-state index in [-0.39, 0.29) is 11.6 Å². The molecule has 2 aromatic rings. The lowest BCUT2D eigenvalue weighted by atomic mass is 10.0. The van der Waals surface area contributed by atoms with E-state index in [1.807, 2.05) is 31.2 Å². The molecule has 0 aliphatic rings. The van der Waals surface area contributed by atoms with Crippen molar-refractivity contribution in [1.29, 1.82) is 0 Å². The van der Waals surface area contributed by atoms with E-state index in [0.29, 0.717) is 18.1 Å². The van der Waals surface area contributed by atoms with Gasteiger partial charge in [-0.15, -0.1) is 11.3 Å². The third-order valence-corrected chi connectivity index (χ3v) is 4.54. The number of carbonyl (C=O) groups is 1. The number of ether oxygens (including phenoxy) is 1. The van der Waals surface area contributed by atoms with Crippen LogP contribution in [0.25, 0.3) is 0 Å². The molecule has 0 saturated heterocycles. The van der Waals surface area contributed by atoms with Gasteiger partial charge in [0, 0.05) is 12.6 Å². The van der Waals surface area contributed by atoms with Gasteiger partial charge in [0.2, 0.25) is 5.88 Å². The Hall–Kier alpha value is -2.41. The fourth-order valence-corrected chi connectivity index (χ4v) is 3.32. The zero-order chi connectivity index (χ0) is 18.2. The number of amides is 1. The van der Waals surface area contributed by atoms with Crippen molar-refractivity contribution in [2.24, 2.45) is 5.16 Å². The standard InChI is InChI=1S/C18H23N3O3S/c1-5-8-15-20-18(12(2)25-15)24-11-13-9-6-7-10-14(13)16(21-23-4)17(22)19-3/h6-7,9-10H,5,8,11H2,1-4H3,(H,19,22)/b21-16+. The summed E-state index contributed by atoms with van der Waals surface area (Å²) in [7, 11) is 2.97. The average molecular weight is 361 g/mol. The highest BCUT2D eigenvalue weighted by atomic mass is 32.1. The second-order valence-corrected chi connectivity index (χ2v) is 6.65. The van der Waals surface area contributed by atoms with Crippen LogP contribution in [0.15, 0.2) is 29.4 Å². The number of rotatable bonds is 8. The number of aryl methyl sites for hydroxylation is 2. The van der Waals surface area contributed by atoms with Crippen molar-refractivity contribution in [2.75, 3.05) is 14.2 Å². The summed E-state index contributed by atoms with van der Waals surface area (Å²) in [5.74, 6) is 0.331. The van der Waals surface area contributed by atoms with Gasteiger partial charge in [0.15, 0.2) is 5.71 Å². The highest BCUT2D eigenvalue weighted by molar-refractivity contribution is 7.11. The number of thiazole rings is 1. The Morgan fingerprint density at radius 1 is 1.36 bits per heavy atom. The minimum Gasteiger partial charge on any atom is -0.472 e. The molecule has 0 saturated carbocycles. The summed E-state index contributed by atoms with van der Waals surface area (Å²) >= 11 is 1.66. The van der Waals surface area contributed by atoms with E-state index < -0.39 is 0 Å². The summed E-state index contributed by atoms with van der Waals surface area (Å²) in [6.07, 6.45) is 2.00.